The Morgan fingerprint density at radius 2 is 1.78 bits per heavy atom. The second kappa shape index (κ2) is 6.76. The maximum atomic E-state index is 12.6. The van der Waals surface area contributed by atoms with Gasteiger partial charge in [-0.15, -0.1) is 0 Å². The fourth-order valence-electron chi connectivity index (χ4n) is 2.28. The molecule has 23 heavy (non-hydrogen) atoms. The van der Waals surface area contributed by atoms with Crippen LogP contribution >= 0.6 is 11.8 Å². The number of thioether (sulfide) groups is 1. The molecule has 0 fully saturated rings. The van der Waals surface area contributed by atoms with Gasteiger partial charge in [0.25, 0.3) is 0 Å². The molecule has 0 saturated heterocycles. The predicted octanol–water partition coefficient (Wildman–Crippen LogP) is 3.35. The van der Waals surface area contributed by atoms with Crippen LogP contribution in [-0.4, -0.2) is 31.1 Å². The van der Waals surface area contributed by atoms with Crippen LogP contribution in [0.4, 0.5) is 5.69 Å². The summed E-state index contributed by atoms with van der Waals surface area (Å²) in [7, 11) is -3.32. The van der Waals surface area contributed by atoms with Crippen molar-refractivity contribution in [3.8, 4) is 0 Å². The topological polar surface area (TPSA) is 58.5 Å². The minimum Gasteiger partial charge on any atom is -0.335 e. The summed E-state index contributed by atoms with van der Waals surface area (Å²) in [4.78, 5) is 4.78. The number of benzene rings is 2. The van der Waals surface area contributed by atoms with Crippen molar-refractivity contribution < 1.29 is 8.42 Å². The molecule has 0 aromatic heterocycles. The van der Waals surface area contributed by atoms with E-state index in [1.165, 1.54) is 17.3 Å². The molecule has 6 heteroatoms. The van der Waals surface area contributed by atoms with Crippen molar-refractivity contribution in [1.29, 1.82) is 0 Å². The van der Waals surface area contributed by atoms with E-state index < -0.39 is 15.1 Å². The van der Waals surface area contributed by atoms with Crippen LogP contribution in [0.15, 0.2) is 64.5 Å². The fraction of sp³-hybridized carbons (Fsp3) is 0.235. The summed E-state index contributed by atoms with van der Waals surface area (Å²) in [5.74, 6) is 0.509. The molecule has 1 heterocycles. The highest BCUT2D eigenvalue weighted by Crippen LogP contribution is 2.24. The van der Waals surface area contributed by atoms with Gasteiger partial charge in [0.05, 0.1) is 16.7 Å². The highest BCUT2D eigenvalue weighted by atomic mass is 32.2. The van der Waals surface area contributed by atoms with Crippen LogP contribution in [0.2, 0.25) is 0 Å². The summed E-state index contributed by atoms with van der Waals surface area (Å²) in [6.07, 6.45) is 0. The summed E-state index contributed by atoms with van der Waals surface area (Å²) in [5, 5.41) is 3.54. The number of nitrogens with one attached hydrogen (secondary N) is 1. The van der Waals surface area contributed by atoms with Gasteiger partial charge in [-0.3, -0.25) is 4.99 Å². The molecule has 1 aliphatic rings. The number of nitrogens with zero attached hydrogens (tertiary/aromatic N) is 1. The molecule has 1 aliphatic heterocycles. The third-order valence-corrected chi connectivity index (χ3v) is 7.07. The summed E-state index contributed by atoms with van der Waals surface area (Å²) in [5.41, 5.74) is 2.16. The van der Waals surface area contributed by atoms with Crippen molar-refractivity contribution in [3.05, 3.63) is 60.2 Å². The van der Waals surface area contributed by atoms with Gasteiger partial charge in [-0.05, 0) is 31.2 Å². The van der Waals surface area contributed by atoms with Crippen molar-refractivity contribution in [2.24, 2.45) is 4.99 Å². The average Bonchev–Trinajstić information content (AvgIpc) is 2.58. The highest BCUT2D eigenvalue weighted by molar-refractivity contribution is 8.14. The minimum atomic E-state index is -3.32. The van der Waals surface area contributed by atoms with Crippen LogP contribution in [0.5, 0.6) is 0 Å². The maximum absolute atomic E-state index is 12.6. The molecule has 0 spiro atoms. The first-order valence-corrected chi connectivity index (χ1v) is 9.89. The number of aliphatic imine (C=N–C) groups is 1. The summed E-state index contributed by atoms with van der Waals surface area (Å²) in [6, 6.07) is 16.6. The number of amidine groups is 1. The fourth-order valence-corrected chi connectivity index (χ4v) is 5.20. The van der Waals surface area contributed by atoms with Gasteiger partial charge >= 0.3 is 0 Å². The Hall–Kier alpha value is -1.79. The number of hydrogen-bond acceptors (Lipinski definition) is 5. The van der Waals surface area contributed by atoms with Gasteiger partial charge in [0, 0.05) is 11.4 Å². The van der Waals surface area contributed by atoms with Crippen molar-refractivity contribution in [1.82, 2.24) is 0 Å². The molecule has 0 aliphatic carbocycles. The first kappa shape index (κ1) is 16.1. The molecule has 0 bridgehead atoms. The van der Waals surface area contributed by atoms with Crippen LogP contribution in [0, 0.1) is 6.92 Å². The lowest BCUT2D eigenvalue weighted by molar-refractivity contribution is 0.585. The van der Waals surface area contributed by atoms with Gasteiger partial charge < -0.3 is 5.32 Å². The number of hydrogen-bond donors (Lipinski definition) is 1. The second-order valence-electron chi connectivity index (χ2n) is 5.43. The average molecular weight is 346 g/mol. The lowest BCUT2D eigenvalue weighted by atomic mass is 10.2. The first-order valence-electron chi connectivity index (χ1n) is 7.35. The van der Waals surface area contributed by atoms with E-state index in [1.54, 1.807) is 24.3 Å². The molecule has 4 nitrogen and oxygen atoms in total. The van der Waals surface area contributed by atoms with E-state index in [-0.39, 0.29) is 0 Å². The van der Waals surface area contributed by atoms with E-state index >= 15 is 0 Å². The molecule has 3 rings (SSSR count). The molecular formula is C17H18N2O2S2. The Labute approximate surface area is 141 Å². The van der Waals surface area contributed by atoms with Gasteiger partial charge in [0.2, 0.25) is 0 Å². The quantitative estimate of drug-likeness (QED) is 0.926. The molecule has 1 unspecified atom stereocenters. The zero-order chi connectivity index (χ0) is 16.3. The van der Waals surface area contributed by atoms with Crippen molar-refractivity contribution >= 4 is 32.5 Å². The Balaban J connectivity index is 1.69. The van der Waals surface area contributed by atoms with Gasteiger partial charge in [0.1, 0.15) is 0 Å². The van der Waals surface area contributed by atoms with Crippen LogP contribution in [0.3, 0.4) is 0 Å². The Kier molecular flexibility index (Phi) is 4.73. The number of aryl methyl sites for hydroxylation is 1. The zero-order valence-electron chi connectivity index (χ0n) is 12.8. The largest absolute Gasteiger partial charge is 0.335 e. The lowest BCUT2D eigenvalue weighted by Gasteiger charge is -2.21. The Morgan fingerprint density at radius 1 is 1.09 bits per heavy atom. The molecule has 1 N–H and O–H groups in total. The third kappa shape index (κ3) is 3.76. The van der Waals surface area contributed by atoms with Crippen LogP contribution < -0.4 is 5.32 Å². The minimum absolute atomic E-state index is 0.290. The van der Waals surface area contributed by atoms with Gasteiger partial charge in [-0.2, -0.15) is 0 Å². The van der Waals surface area contributed by atoms with Gasteiger partial charge in [-0.25, -0.2) is 8.42 Å². The molecule has 1 atom stereocenters. The van der Waals surface area contributed by atoms with E-state index in [9.17, 15) is 8.42 Å². The van der Waals surface area contributed by atoms with Crippen molar-refractivity contribution in [2.75, 3.05) is 17.6 Å². The second-order valence-corrected chi connectivity index (χ2v) is 8.66. The monoisotopic (exact) mass is 346 g/mol. The van der Waals surface area contributed by atoms with Crippen molar-refractivity contribution in [2.45, 2.75) is 17.1 Å². The normalized spacial score (nSPS) is 18.3. The Morgan fingerprint density at radius 3 is 2.39 bits per heavy atom. The number of rotatable bonds is 3. The third-order valence-electron chi connectivity index (χ3n) is 3.66. The summed E-state index contributed by atoms with van der Waals surface area (Å²) < 4.78 is 25.2. The summed E-state index contributed by atoms with van der Waals surface area (Å²) in [6.45, 7) is 2.33. The zero-order valence-corrected chi connectivity index (χ0v) is 14.4. The smallest absolute Gasteiger partial charge is 0.183 e. The SMILES string of the molecule is Cc1ccc(NC2=NCC(S(=O)(=O)c3ccccc3)CS2)cc1. The Bertz CT molecular complexity index is 800. The molecule has 2 aromatic carbocycles. The van der Waals surface area contributed by atoms with Crippen LogP contribution in [-0.2, 0) is 9.84 Å². The molecule has 2 aromatic rings. The molecular weight excluding hydrogens is 328 g/mol. The highest BCUT2D eigenvalue weighted by Gasteiger charge is 2.30. The summed E-state index contributed by atoms with van der Waals surface area (Å²) >= 11 is 1.45. The molecule has 0 saturated carbocycles. The number of sulfone groups is 1. The maximum Gasteiger partial charge on any atom is 0.183 e. The van der Waals surface area contributed by atoms with Gasteiger partial charge in [0.15, 0.2) is 15.0 Å². The van der Waals surface area contributed by atoms with Crippen LogP contribution in [0.1, 0.15) is 5.56 Å². The first-order chi connectivity index (χ1) is 11.1. The van der Waals surface area contributed by atoms with E-state index in [2.05, 4.69) is 10.3 Å². The molecule has 0 amide bonds. The lowest BCUT2D eigenvalue weighted by Crippen LogP contribution is -2.32. The molecule has 0 radical (unpaired) electrons. The van der Waals surface area contributed by atoms with Crippen molar-refractivity contribution in [3.63, 3.8) is 0 Å². The van der Waals surface area contributed by atoms with E-state index in [1.807, 2.05) is 37.3 Å². The van der Waals surface area contributed by atoms with Crippen LogP contribution in [0.25, 0.3) is 0 Å². The van der Waals surface area contributed by atoms with E-state index in [0.29, 0.717) is 17.2 Å². The number of anilines is 1. The standard InChI is InChI=1S/C17H18N2O2S2/c1-13-7-9-14(10-8-13)19-17-18-11-16(12-22-17)23(20,21)15-5-3-2-4-6-15/h2-10,16H,11-12H2,1H3,(H,18,19). The van der Waals surface area contributed by atoms with Gasteiger partial charge in [-0.1, -0.05) is 47.7 Å². The molecule has 120 valence electrons. The van der Waals surface area contributed by atoms with E-state index in [4.69, 9.17) is 0 Å². The van der Waals surface area contributed by atoms with E-state index in [0.717, 1.165) is 10.9 Å². The predicted molar refractivity (Wildman–Crippen MR) is 97.0 cm³/mol.